The van der Waals surface area contributed by atoms with Crippen molar-refractivity contribution in [3.8, 4) is 5.75 Å². The Hall–Kier alpha value is -3.16. The fourth-order valence-corrected chi connectivity index (χ4v) is 4.92. The number of hydrogen-bond acceptors (Lipinski definition) is 6. The molecule has 0 aromatic heterocycles. The third kappa shape index (κ3) is 6.50. The monoisotopic (exact) mass is 490 g/mol. The Morgan fingerprint density at radius 1 is 1.17 bits per heavy atom. The van der Waals surface area contributed by atoms with Gasteiger partial charge in [-0.15, -0.1) is 0 Å². The minimum absolute atomic E-state index is 0.00622. The van der Waals surface area contributed by atoms with Crippen LogP contribution in [-0.4, -0.2) is 32.1 Å². The Balaban J connectivity index is 1.17. The minimum atomic E-state index is -0.00622. The number of nitrogens with one attached hydrogen (secondary N) is 3. The van der Waals surface area contributed by atoms with E-state index < -0.39 is 0 Å². The minimum Gasteiger partial charge on any atom is -0.494 e. The van der Waals surface area contributed by atoms with Gasteiger partial charge in [0.25, 0.3) is 5.91 Å². The van der Waals surface area contributed by atoms with Gasteiger partial charge in [0.05, 0.1) is 23.5 Å². The number of benzene rings is 2. The van der Waals surface area contributed by atoms with Crippen molar-refractivity contribution in [1.82, 2.24) is 10.0 Å². The second-order valence-electron chi connectivity index (χ2n) is 8.59. The van der Waals surface area contributed by atoms with Crippen LogP contribution >= 0.6 is 11.9 Å². The van der Waals surface area contributed by atoms with Crippen LogP contribution in [0.5, 0.6) is 5.75 Å². The van der Waals surface area contributed by atoms with E-state index in [1.165, 1.54) is 6.42 Å². The van der Waals surface area contributed by atoms with Crippen molar-refractivity contribution in [3.05, 3.63) is 89.9 Å². The first-order valence-corrected chi connectivity index (χ1v) is 13.0. The van der Waals surface area contributed by atoms with Crippen LogP contribution in [0.2, 0.25) is 0 Å². The number of hydrogen-bond donors (Lipinski definition) is 3. The van der Waals surface area contributed by atoms with Gasteiger partial charge < -0.3 is 20.3 Å². The molecule has 0 aliphatic carbocycles. The van der Waals surface area contributed by atoms with Crippen molar-refractivity contribution >= 4 is 29.2 Å². The van der Waals surface area contributed by atoms with Crippen LogP contribution in [0, 0.1) is 0 Å². The molecule has 0 fully saturated rings. The molecule has 6 nitrogen and oxygen atoms in total. The molecule has 2 heterocycles. The number of carbonyl (C=O) groups excluding carboxylic acids is 1. The summed E-state index contributed by atoms with van der Waals surface area (Å²) in [5.41, 5.74) is 3.89. The van der Waals surface area contributed by atoms with E-state index in [-0.39, 0.29) is 12.1 Å². The van der Waals surface area contributed by atoms with Crippen LogP contribution in [0.25, 0.3) is 0 Å². The van der Waals surface area contributed by atoms with Gasteiger partial charge in [-0.25, -0.2) is 0 Å². The summed E-state index contributed by atoms with van der Waals surface area (Å²) in [4.78, 5) is 15.7. The summed E-state index contributed by atoms with van der Waals surface area (Å²) < 4.78 is 9.30. The van der Waals surface area contributed by atoms with Gasteiger partial charge in [-0.2, -0.15) is 0 Å². The summed E-state index contributed by atoms with van der Waals surface area (Å²) in [6.07, 6.45) is 10.1. The quantitative estimate of drug-likeness (QED) is 0.188. The van der Waals surface area contributed by atoms with Gasteiger partial charge in [0.1, 0.15) is 11.9 Å². The Morgan fingerprint density at radius 3 is 2.83 bits per heavy atom. The van der Waals surface area contributed by atoms with Crippen LogP contribution < -0.4 is 25.0 Å². The Bertz CT molecular complexity index is 1070. The zero-order valence-corrected chi connectivity index (χ0v) is 20.9. The molecule has 0 saturated carbocycles. The predicted molar refractivity (Wildman–Crippen MR) is 147 cm³/mol. The lowest BCUT2D eigenvalue weighted by Gasteiger charge is -2.26. The highest BCUT2D eigenvalue weighted by Crippen LogP contribution is 2.44. The van der Waals surface area contributed by atoms with E-state index in [0.717, 1.165) is 72.1 Å². The van der Waals surface area contributed by atoms with Crippen LogP contribution in [0.1, 0.15) is 47.8 Å². The second-order valence-corrected chi connectivity index (χ2v) is 9.60. The number of amides is 1. The van der Waals surface area contributed by atoms with E-state index in [4.69, 9.17) is 4.74 Å². The summed E-state index contributed by atoms with van der Waals surface area (Å²) >= 11 is 1.57. The average molecular weight is 491 g/mol. The largest absolute Gasteiger partial charge is 0.494 e. The number of rotatable bonds is 13. The number of para-hydroxylation sites is 1. The average Bonchev–Trinajstić information content (AvgIpc) is 3.16. The van der Waals surface area contributed by atoms with Crippen LogP contribution in [0.15, 0.2) is 78.8 Å². The lowest BCUT2D eigenvalue weighted by atomic mass is 10.1. The molecule has 0 bridgehead atoms. The third-order valence-electron chi connectivity index (χ3n) is 6.07. The molecule has 0 spiro atoms. The van der Waals surface area contributed by atoms with Gasteiger partial charge in [0.2, 0.25) is 0 Å². The molecule has 2 aliphatic heterocycles. The molecule has 0 radical (unpaired) electrons. The molecule has 7 heteroatoms. The lowest BCUT2D eigenvalue weighted by Crippen LogP contribution is -2.33. The molecule has 2 aromatic carbocycles. The second kappa shape index (κ2) is 12.5. The van der Waals surface area contributed by atoms with Crippen molar-refractivity contribution in [2.24, 2.45) is 0 Å². The van der Waals surface area contributed by atoms with E-state index in [1.54, 1.807) is 18.0 Å². The van der Waals surface area contributed by atoms with E-state index in [9.17, 15) is 4.79 Å². The van der Waals surface area contributed by atoms with E-state index in [1.807, 2.05) is 42.5 Å². The van der Waals surface area contributed by atoms with E-state index >= 15 is 0 Å². The number of unbranched alkanes of at least 4 members (excludes halogenated alkanes) is 3. The predicted octanol–water partition coefficient (Wildman–Crippen LogP) is 5.79. The van der Waals surface area contributed by atoms with Crippen LogP contribution in [0.3, 0.4) is 0 Å². The molecule has 3 N–H and O–H groups in total. The maximum Gasteiger partial charge on any atom is 0.253 e. The molecule has 2 aromatic rings. The van der Waals surface area contributed by atoms with Crippen molar-refractivity contribution in [2.45, 2.75) is 31.8 Å². The first-order chi connectivity index (χ1) is 17.2. The third-order valence-corrected chi connectivity index (χ3v) is 6.82. The standard InChI is InChI=1S/C28H34N4O2S/c1-3-4-10-21(2)35-30-17-7-5-6-8-20-34-23-15-13-22(14-16-23)27-31-25-12-9-11-24-26(25)32(27)19-18-29-28(24)33/h3-4,9-16,27,30-31H,1-2,5-8,17-20H2,(H,29,33)/b10-4-. The molecule has 35 heavy (non-hydrogen) atoms. The highest BCUT2D eigenvalue weighted by molar-refractivity contribution is 8.01. The number of allylic oxidation sites excluding steroid dienone is 3. The van der Waals surface area contributed by atoms with Crippen molar-refractivity contribution in [2.75, 3.05) is 36.5 Å². The van der Waals surface area contributed by atoms with Gasteiger partial charge in [-0.1, -0.05) is 56.4 Å². The Kier molecular flexibility index (Phi) is 8.92. The van der Waals surface area contributed by atoms with Crippen molar-refractivity contribution < 1.29 is 9.53 Å². The molecular weight excluding hydrogens is 456 g/mol. The first kappa shape index (κ1) is 24.9. The fourth-order valence-electron chi connectivity index (χ4n) is 4.34. The van der Waals surface area contributed by atoms with Gasteiger partial charge >= 0.3 is 0 Å². The number of ether oxygens (including phenoxy) is 1. The summed E-state index contributed by atoms with van der Waals surface area (Å²) in [7, 11) is 0. The highest BCUT2D eigenvalue weighted by Gasteiger charge is 2.34. The molecular formula is C28H34N4O2S. The summed E-state index contributed by atoms with van der Waals surface area (Å²) in [6.45, 7) is 10.7. The Morgan fingerprint density at radius 2 is 2.00 bits per heavy atom. The maximum atomic E-state index is 12.4. The van der Waals surface area contributed by atoms with Crippen LogP contribution in [-0.2, 0) is 0 Å². The van der Waals surface area contributed by atoms with E-state index in [2.05, 4.69) is 45.5 Å². The van der Waals surface area contributed by atoms with Gasteiger partial charge in [-0.3, -0.25) is 9.52 Å². The van der Waals surface area contributed by atoms with Crippen molar-refractivity contribution in [1.29, 1.82) is 0 Å². The van der Waals surface area contributed by atoms with Crippen LogP contribution in [0.4, 0.5) is 11.4 Å². The number of nitrogens with zero attached hydrogens (tertiary/aromatic N) is 1. The van der Waals surface area contributed by atoms with Gasteiger partial charge in [0, 0.05) is 24.5 Å². The number of anilines is 2. The van der Waals surface area contributed by atoms with Gasteiger partial charge in [0.15, 0.2) is 0 Å². The van der Waals surface area contributed by atoms with E-state index in [0.29, 0.717) is 6.54 Å². The SMILES string of the molecule is C=C/C=C\C(=C)SNCCCCCCOc1ccc(C2Nc3cccc4c3N2CCNC4=O)cc1. The molecule has 1 unspecified atom stereocenters. The topological polar surface area (TPSA) is 65.6 Å². The normalized spacial score (nSPS) is 16.4. The van der Waals surface area contributed by atoms with Crippen molar-refractivity contribution in [3.63, 3.8) is 0 Å². The maximum absolute atomic E-state index is 12.4. The highest BCUT2D eigenvalue weighted by atomic mass is 32.2. The first-order valence-electron chi connectivity index (χ1n) is 12.2. The zero-order chi connectivity index (χ0) is 24.5. The Labute approximate surface area is 212 Å². The molecule has 2 aliphatic rings. The zero-order valence-electron chi connectivity index (χ0n) is 20.1. The summed E-state index contributed by atoms with van der Waals surface area (Å²) in [5.74, 6) is 0.884. The lowest BCUT2D eigenvalue weighted by molar-refractivity contribution is 0.0958. The smallest absolute Gasteiger partial charge is 0.253 e. The molecule has 4 rings (SSSR count). The summed E-state index contributed by atoms with van der Waals surface area (Å²) in [6, 6.07) is 14.2. The molecule has 1 atom stereocenters. The molecule has 1 amide bonds. The summed E-state index contributed by atoms with van der Waals surface area (Å²) in [5, 5.41) is 6.57. The fraction of sp³-hybridized carbons (Fsp3) is 0.321. The molecule has 0 saturated heterocycles. The number of carbonyl (C=O) groups is 1. The molecule has 184 valence electrons. The van der Waals surface area contributed by atoms with Gasteiger partial charge in [-0.05, 0) is 60.7 Å².